The summed E-state index contributed by atoms with van der Waals surface area (Å²) < 4.78 is 47.0. The molecule has 1 aliphatic rings. The van der Waals surface area contributed by atoms with Gasteiger partial charge in [0.15, 0.2) is 5.69 Å². The van der Waals surface area contributed by atoms with Gasteiger partial charge in [-0.15, -0.1) is 0 Å². The van der Waals surface area contributed by atoms with Crippen LogP contribution in [0.3, 0.4) is 0 Å². The lowest BCUT2D eigenvalue weighted by Crippen LogP contribution is -2.29. The maximum Gasteiger partial charge on any atom is 0.391 e. The van der Waals surface area contributed by atoms with Crippen LogP contribution in [0.5, 0.6) is 0 Å². The molecule has 2 amide bonds. The van der Waals surface area contributed by atoms with E-state index >= 15 is 0 Å². The first-order chi connectivity index (χ1) is 17.6. The number of fused-ring (bicyclic) bond motifs is 1. The number of aromatic nitrogens is 4. The highest BCUT2D eigenvalue weighted by Gasteiger charge is 2.33. The van der Waals surface area contributed by atoms with E-state index in [2.05, 4.69) is 30.2 Å². The number of carbonyl (C=O) groups is 2. The fourth-order valence-corrected chi connectivity index (χ4v) is 3.67. The van der Waals surface area contributed by atoms with E-state index in [-0.39, 0.29) is 12.1 Å². The number of nitrogens with one attached hydrogen (secondary N) is 2. The zero-order valence-electron chi connectivity index (χ0n) is 20.5. The number of likely N-dealkylation sites (N-methyl/N-ethyl adjacent to an activating group) is 1. The zero-order valence-corrected chi connectivity index (χ0v) is 20.5. The number of aromatic amines is 1. The van der Waals surface area contributed by atoms with E-state index in [1.807, 2.05) is 19.2 Å². The number of H-pyrrole nitrogens is 1. The standard InChI is InChI=1S/C17H23F3N4O2.C6H7N3O2/c1-21-5-6-24(11-25)10-12-3-4-14-15(7-12)23-16(22-14)8-13(26-2)9-17(18,19)20;7-6(10)5-4(3-1-2-3)8-11-9-5/h3-4,7,11,13,21H,5-6,8-10H2,1-2H3,(H,22,23);3H,1-2H2,(H2,7,10). The highest BCUT2D eigenvalue weighted by molar-refractivity contribution is 5.91. The van der Waals surface area contributed by atoms with Gasteiger partial charge in [0, 0.05) is 39.1 Å². The van der Waals surface area contributed by atoms with Crippen molar-refractivity contribution in [1.29, 1.82) is 0 Å². The van der Waals surface area contributed by atoms with Gasteiger partial charge in [0.2, 0.25) is 6.41 Å². The summed E-state index contributed by atoms with van der Waals surface area (Å²) >= 11 is 0. The van der Waals surface area contributed by atoms with E-state index in [0.717, 1.165) is 30.3 Å². The molecule has 3 aromatic rings. The van der Waals surface area contributed by atoms with Crippen LogP contribution in [0.2, 0.25) is 0 Å². The molecular weight excluding hydrogens is 495 g/mol. The average molecular weight is 526 g/mol. The summed E-state index contributed by atoms with van der Waals surface area (Å²) in [6, 6.07) is 5.50. The van der Waals surface area contributed by atoms with Crippen LogP contribution in [0, 0.1) is 0 Å². The molecule has 0 saturated heterocycles. The first-order valence-electron chi connectivity index (χ1n) is 11.7. The molecule has 37 heavy (non-hydrogen) atoms. The number of primary amides is 1. The van der Waals surface area contributed by atoms with Gasteiger partial charge in [-0.1, -0.05) is 11.2 Å². The summed E-state index contributed by atoms with van der Waals surface area (Å²) in [7, 11) is 3.07. The van der Waals surface area contributed by atoms with E-state index in [1.165, 1.54) is 7.11 Å². The molecule has 2 aromatic heterocycles. The SMILES string of the molecule is CNCCN(C=O)Cc1ccc2nc(CC(CC(F)(F)F)OC)[nH]c2c1.NC(=O)c1nonc1C1CC1. The number of ether oxygens (including phenoxy) is 1. The number of imidazole rings is 1. The second kappa shape index (κ2) is 12.6. The Kier molecular flexibility index (Phi) is 9.58. The maximum atomic E-state index is 12.5. The normalized spacial score (nSPS) is 14.2. The predicted octanol–water partition coefficient (Wildman–Crippen LogP) is 2.30. The highest BCUT2D eigenvalue weighted by atomic mass is 19.4. The van der Waals surface area contributed by atoms with E-state index in [4.69, 9.17) is 10.5 Å². The minimum atomic E-state index is -4.29. The Bertz CT molecular complexity index is 1180. The minimum Gasteiger partial charge on any atom is -0.381 e. The number of rotatable bonds is 12. The quantitative estimate of drug-likeness (QED) is 0.305. The van der Waals surface area contributed by atoms with Crippen molar-refractivity contribution < 1.29 is 32.1 Å². The molecule has 4 N–H and O–H groups in total. The number of amides is 2. The summed E-state index contributed by atoms with van der Waals surface area (Å²) in [5, 5.41) is 10.0. The number of halogens is 3. The molecule has 4 rings (SSSR count). The molecular formula is C23H30F3N7O4. The Hall–Kier alpha value is -3.52. The maximum absolute atomic E-state index is 12.5. The molecule has 1 atom stereocenters. The lowest BCUT2D eigenvalue weighted by Gasteiger charge is -2.17. The summed E-state index contributed by atoms with van der Waals surface area (Å²) in [4.78, 5) is 30.8. The van der Waals surface area contributed by atoms with Crippen LogP contribution >= 0.6 is 0 Å². The lowest BCUT2D eigenvalue weighted by atomic mass is 10.2. The molecule has 1 aliphatic carbocycles. The van der Waals surface area contributed by atoms with Crippen LogP contribution in [0.1, 0.15) is 52.8 Å². The van der Waals surface area contributed by atoms with Crippen LogP contribution in [0.15, 0.2) is 22.8 Å². The third-order valence-electron chi connectivity index (χ3n) is 5.70. The van der Waals surface area contributed by atoms with Crippen molar-refractivity contribution in [3.63, 3.8) is 0 Å². The first kappa shape index (κ1) is 28.1. The van der Waals surface area contributed by atoms with Crippen molar-refractivity contribution in [2.24, 2.45) is 5.73 Å². The van der Waals surface area contributed by atoms with E-state index in [1.54, 1.807) is 11.0 Å². The van der Waals surface area contributed by atoms with Gasteiger partial charge in [0.25, 0.3) is 5.91 Å². The van der Waals surface area contributed by atoms with Crippen molar-refractivity contribution >= 4 is 23.4 Å². The number of methoxy groups -OCH3 is 1. The Labute approximate surface area is 210 Å². The number of carbonyl (C=O) groups excluding carboxylic acids is 2. The second-order valence-electron chi connectivity index (χ2n) is 8.73. The largest absolute Gasteiger partial charge is 0.391 e. The zero-order chi connectivity index (χ0) is 27.0. The Morgan fingerprint density at radius 2 is 2.14 bits per heavy atom. The molecule has 1 unspecified atom stereocenters. The molecule has 14 heteroatoms. The van der Waals surface area contributed by atoms with Gasteiger partial charge in [-0.05, 0) is 42.7 Å². The highest BCUT2D eigenvalue weighted by Crippen LogP contribution is 2.40. The lowest BCUT2D eigenvalue weighted by molar-refractivity contribution is -0.157. The molecule has 202 valence electrons. The van der Waals surface area contributed by atoms with Crippen molar-refractivity contribution in [3.8, 4) is 0 Å². The van der Waals surface area contributed by atoms with Gasteiger partial charge in [0.1, 0.15) is 11.5 Å². The van der Waals surface area contributed by atoms with Gasteiger partial charge in [-0.3, -0.25) is 9.59 Å². The third kappa shape index (κ3) is 8.53. The fourth-order valence-electron chi connectivity index (χ4n) is 3.67. The van der Waals surface area contributed by atoms with Gasteiger partial charge >= 0.3 is 6.18 Å². The van der Waals surface area contributed by atoms with E-state index in [9.17, 15) is 22.8 Å². The van der Waals surface area contributed by atoms with Crippen LogP contribution in [0.4, 0.5) is 13.2 Å². The number of nitrogens with zero attached hydrogens (tertiary/aromatic N) is 4. The first-order valence-corrected chi connectivity index (χ1v) is 11.7. The number of alkyl halides is 3. The van der Waals surface area contributed by atoms with Crippen molar-refractivity contribution in [2.75, 3.05) is 27.2 Å². The molecule has 0 spiro atoms. The van der Waals surface area contributed by atoms with Crippen LogP contribution in [-0.4, -0.2) is 77.0 Å². The third-order valence-corrected chi connectivity index (χ3v) is 5.70. The molecule has 1 saturated carbocycles. The van der Waals surface area contributed by atoms with Crippen molar-refractivity contribution in [2.45, 2.75) is 50.4 Å². The smallest absolute Gasteiger partial charge is 0.381 e. The van der Waals surface area contributed by atoms with Gasteiger partial charge in [-0.2, -0.15) is 13.2 Å². The van der Waals surface area contributed by atoms with Gasteiger partial charge < -0.3 is 25.7 Å². The fraction of sp³-hybridized carbons (Fsp3) is 0.522. The number of hydrogen-bond donors (Lipinski definition) is 3. The average Bonchev–Trinajstić information content (AvgIpc) is 3.42. The Morgan fingerprint density at radius 1 is 1.38 bits per heavy atom. The Morgan fingerprint density at radius 3 is 2.73 bits per heavy atom. The molecule has 0 aliphatic heterocycles. The number of benzene rings is 1. The summed E-state index contributed by atoms with van der Waals surface area (Å²) in [5.74, 6) is 0.229. The monoisotopic (exact) mass is 525 g/mol. The molecule has 2 heterocycles. The van der Waals surface area contributed by atoms with E-state index < -0.39 is 24.6 Å². The molecule has 1 fully saturated rings. The molecule has 0 bridgehead atoms. The van der Waals surface area contributed by atoms with Crippen molar-refractivity contribution in [1.82, 2.24) is 30.5 Å². The van der Waals surface area contributed by atoms with Crippen molar-refractivity contribution in [3.05, 3.63) is 41.0 Å². The Balaban J connectivity index is 0.000000284. The molecule has 1 aromatic carbocycles. The van der Waals surface area contributed by atoms with Gasteiger partial charge in [0.05, 0.1) is 23.6 Å². The molecule has 0 radical (unpaired) electrons. The topological polar surface area (TPSA) is 152 Å². The summed E-state index contributed by atoms with van der Waals surface area (Å²) in [5.41, 5.74) is 8.13. The predicted molar refractivity (Wildman–Crippen MR) is 126 cm³/mol. The van der Waals surface area contributed by atoms with Crippen LogP contribution < -0.4 is 11.1 Å². The second-order valence-corrected chi connectivity index (χ2v) is 8.73. The molecule has 11 nitrogen and oxygen atoms in total. The van der Waals surface area contributed by atoms with Crippen LogP contribution in [0.25, 0.3) is 11.0 Å². The summed E-state index contributed by atoms with van der Waals surface area (Å²) in [6.07, 6.45) is -3.36. The minimum absolute atomic E-state index is 0.0443. The summed E-state index contributed by atoms with van der Waals surface area (Å²) in [6.45, 7) is 1.72. The number of hydrogen-bond acceptors (Lipinski definition) is 8. The van der Waals surface area contributed by atoms with E-state index in [0.29, 0.717) is 42.6 Å². The number of nitrogens with two attached hydrogens (primary N) is 1. The van der Waals surface area contributed by atoms with Crippen LogP contribution in [-0.2, 0) is 22.5 Å². The van der Waals surface area contributed by atoms with Gasteiger partial charge in [-0.25, -0.2) is 9.61 Å².